The molecule has 0 fully saturated rings. The van der Waals surface area contributed by atoms with Crippen molar-refractivity contribution in [1.82, 2.24) is 0 Å². The normalized spacial score (nSPS) is 11.2. The third-order valence-corrected chi connectivity index (χ3v) is 5.89. The van der Waals surface area contributed by atoms with Gasteiger partial charge in [-0.3, -0.25) is 8.98 Å². The summed E-state index contributed by atoms with van der Waals surface area (Å²) in [7, 11) is 0.249. The standard InChI is InChI=1S/C19H36O4.2C3H9NO.CH4O4S/c1-2-3-4-5-6-7-8-9-10-11-12-13-14-17(19(22)23)15-16-18(20)21;2*1-4-2-3-5;1-5-6(2,3)4/h17H,2-16H2,1H3,(H,20,21)(H,22,23);2*4-5H,2-3H2,1H3;1H3,(H,2,3,4). The second-order valence-corrected chi connectivity index (χ2v) is 10.2. The summed E-state index contributed by atoms with van der Waals surface area (Å²) in [5.74, 6) is -2.64. The van der Waals surface area contributed by atoms with Crippen LogP contribution in [0.25, 0.3) is 0 Å². The molecule has 0 saturated heterocycles. The molecule has 0 rings (SSSR count). The van der Waals surface area contributed by atoms with Gasteiger partial charge in [0.15, 0.2) is 0 Å². The maximum atomic E-state index is 10.9. The Balaban J connectivity index is -0.000000308. The van der Waals surface area contributed by atoms with E-state index in [1.54, 1.807) is 0 Å². The summed E-state index contributed by atoms with van der Waals surface area (Å²) >= 11 is 0. The topological polar surface area (TPSA) is 218 Å². The maximum Gasteiger partial charge on any atom is 0.303 e. The van der Waals surface area contributed by atoms with Gasteiger partial charge in [0, 0.05) is 12.4 Å². The fourth-order valence-corrected chi connectivity index (χ4v) is 3.17. The molecule has 13 heteroatoms. The van der Waals surface area contributed by atoms with E-state index in [9.17, 15) is 27.7 Å². The van der Waals surface area contributed by atoms with Gasteiger partial charge in [0.1, 0.15) is 0 Å². The molecule has 0 spiro atoms. The van der Waals surface area contributed by atoms with Crippen LogP contribution in [-0.2, 0) is 24.2 Å². The van der Waals surface area contributed by atoms with E-state index in [2.05, 4.69) is 11.1 Å². The number of carboxylic acid groups (broad SMARTS) is 2. The SMILES string of the molecule is CCCCCCCCCCCCCCC(CCC(=O)O)C(=O)[O-].COS(=O)(=O)[O-].C[NH2+]CCO.C[NH2+]CCO. The summed E-state index contributed by atoms with van der Waals surface area (Å²) in [5, 5.41) is 39.5. The molecule has 39 heavy (non-hydrogen) atoms. The van der Waals surface area contributed by atoms with Crippen LogP contribution in [0.1, 0.15) is 103 Å². The Bertz CT molecular complexity index is 598. The van der Waals surface area contributed by atoms with Gasteiger partial charge in [0.25, 0.3) is 0 Å². The fraction of sp³-hybridized carbons (Fsp3) is 0.923. The zero-order chi connectivity index (χ0) is 30.8. The number of hydrogen-bond acceptors (Lipinski definition) is 9. The molecule has 0 aromatic heterocycles. The highest BCUT2D eigenvalue weighted by molar-refractivity contribution is 7.80. The summed E-state index contributed by atoms with van der Waals surface area (Å²) in [4.78, 5) is 21.4. The number of rotatable bonds is 22. The molecule has 0 bridgehead atoms. The molecule has 0 aliphatic rings. The fourth-order valence-electron chi connectivity index (χ4n) is 3.17. The molecule has 0 saturated carbocycles. The lowest BCUT2D eigenvalue weighted by molar-refractivity contribution is -0.628. The van der Waals surface area contributed by atoms with Gasteiger partial charge in [-0.2, -0.15) is 0 Å². The number of nitrogens with two attached hydrogens (primary N) is 2. The molecule has 0 aliphatic heterocycles. The first-order valence-corrected chi connectivity index (χ1v) is 15.5. The van der Waals surface area contributed by atoms with Gasteiger partial charge in [-0.1, -0.05) is 84.0 Å². The number of aliphatic carboxylic acids is 2. The van der Waals surface area contributed by atoms with Crippen molar-refractivity contribution in [3.8, 4) is 0 Å². The molecule has 0 aliphatic carbocycles. The highest BCUT2D eigenvalue weighted by atomic mass is 32.3. The van der Waals surface area contributed by atoms with Crippen LogP contribution < -0.4 is 15.7 Å². The van der Waals surface area contributed by atoms with Gasteiger partial charge in [-0.05, 0) is 18.8 Å². The van der Waals surface area contributed by atoms with Crippen molar-refractivity contribution in [2.45, 2.75) is 103 Å². The van der Waals surface area contributed by atoms with Gasteiger partial charge in [-0.15, -0.1) is 0 Å². The van der Waals surface area contributed by atoms with Crippen LogP contribution in [0.3, 0.4) is 0 Å². The van der Waals surface area contributed by atoms with Gasteiger partial charge < -0.3 is 40.4 Å². The predicted molar refractivity (Wildman–Crippen MR) is 147 cm³/mol. The molecule has 12 nitrogen and oxygen atoms in total. The van der Waals surface area contributed by atoms with E-state index in [0.29, 0.717) is 6.42 Å². The van der Waals surface area contributed by atoms with Crippen molar-refractivity contribution >= 4 is 22.3 Å². The number of aliphatic hydroxyl groups is 2. The Morgan fingerprint density at radius 3 is 1.38 bits per heavy atom. The predicted octanol–water partition coefficient (Wildman–Crippen LogP) is -0.255. The minimum absolute atomic E-state index is 0.0864. The summed E-state index contributed by atoms with van der Waals surface area (Å²) in [6.07, 6.45) is 15.6. The first-order chi connectivity index (χ1) is 18.5. The Kier molecular flexibility index (Phi) is 42.0. The van der Waals surface area contributed by atoms with Crippen LogP contribution in [0.15, 0.2) is 0 Å². The van der Waals surface area contributed by atoms with Crippen LogP contribution in [-0.4, -0.2) is 87.7 Å². The van der Waals surface area contributed by atoms with E-state index in [0.717, 1.165) is 39.5 Å². The average Bonchev–Trinajstić information content (AvgIpc) is 2.87. The monoisotopic (exact) mass is 590 g/mol. The highest BCUT2D eigenvalue weighted by Crippen LogP contribution is 2.17. The average molecular weight is 591 g/mol. The number of aliphatic hydroxyl groups excluding tert-OH is 2. The van der Waals surface area contributed by atoms with Gasteiger partial charge in [0.2, 0.25) is 10.4 Å². The lowest BCUT2D eigenvalue weighted by atomic mass is 9.95. The van der Waals surface area contributed by atoms with Crippen LogP contribution >= 0.6 is 0 Å². The van der Waals surface area contributed by atoms with Gasteiger partial charge in [0.05, 0.1) is 47.5 Å². The van der Waals surface area contributed by atoms with Crippen molar-refractivity contribution in [3.63, 3.8) is 0 Å². The summed E-state index contributed by atoms with van der Waals surface area (Å²) in [5.41, 5.74) is 0. The molecule has 0 heterocycles. The van der Waals surface area contributed by atoms with E-state index >= 15 is 0 Å². The number of carboxylic acids is 2. The van der Waals surface area contributed by atoms with Crippen LogP contribution in [0.5, 0.6) is 0 Å². The second-order valence-electron chi connectivity index (χ2n) is 9.04. The minimum Gasteiger partial charge on any atom is -0.726 e. The molecular weight excluding hydrogens is 532 g/mol. The quantitative estimate of drug-likeness (QED) is 0.0632. The third-order valence-electron chi connectivity index (χ3n) is 5.49. The minimum atomic E-state index is -4.41. The summed E-state index contributed by atoms with van der Waals surface area (Å²) < 4.78 is 31.0. The van der Waals surface area contributed by atoms with Crippen molar-refractivity contribution < 1.29 is 57.8 Å². The molecular formula is C26H58N2O10S. The smallest absolute Gasteiger partial charge is 0.303 e. The van der Waals surface area contributed by atoms with Crippen LogP contribution in [0.4, 0.5) is 0 Å². The Morgan fingerprint density at radius 2 is 1.15 bits per heavy atom. The molecule has 1 atom stereocenters. The second kappa shape index (κ2) is 36.6. The number of quaternary nitrogens is 2. The van der Waals surface area contributed by atoms with Crippen molar-refractivity contribution in [2.24, 2.45) is 5.92 Å². The van der Waals surface area contributed by atoms with Gasteiger partial charge in [-0.25, -0.2) is 8.42 Å². The first-order valence-electron chi connectivity index (χ1n) is 14.2. The van der Waals surface area contributed by atoms with Crippen LogP contribution in [0.2, 0.25) is 0 Å². The first kappa shape index (κ1) is 44.7. The third kappa shape index (κ3) is 53.6. The number of carbonyl (C=O) groups excluding carboxylic acids is 1. The van der Waals surface area contributed by atoms with Crippen molar-refractivity contribution in [2.75, 3.05) is 47.5 Å². The Labute approximate surface area is 236 Å². The lowest BCUT2D eigenvalue weighted by Gasteiger charge is -2.16. The molecule has 7 N–H and O–H groups in total. The van der Waals surface area contributed by atoms with Crippen LogP contribution in [0, 0.1) is 5.92 Å². The van der Waals surface area contributed by atoms with E-state index in [-0.39, 0.29) is 26.1 Å². The van der Waals surface area contributed by atoms with E-state index in [1.807, 2.05) is 24.7 Å². The molecule has 0 aromatic rings. The molecule has 0 aromatic carbocycles. The highest BCUT2D eigenvalue weighted by Gasteiger charge is 2.11. The number of carbonyl (C=O) groups is 2. The molecule has 0 amide bonds. The number of likely N-dealkylation sites (N-methyl/N-ethyl adjacent to an activating group) is 2. The molecule has 0 radical (unpaired) electrons. The van der Waals surface area contributed by atoms with Crippen molar-refractivity contribution in [3.05, 3.63) is 0 Å². The van der Waals surface area contributed by atoms with Crippen molar-refractivity contribution in [1.29, 1.82) is 0 Å². The molecule has 238 valence electrons. The Morgan fingerprint density at radius 1 is 0.795 bits per heavy atom. The zero-order valence-corrected chi connectivity index (χ0v) is 25.6. The van der Waals surface area contributed by atoms with Gasteiger partial charge >= 0.3 is 5.97 Å². The molecule has 1 unspecified atom stereocenters. The maximum absolute atomic E-state index is 10.9. The zero-order valence-electron chi connectivity index (χ0n) is 24.8. The van der Waals surface area contributed by atoms with E-state index in [1.165, 1.54) is 57.8 Å². The largest absolute Gasteiger partial charge is 0.726 e. The van der Waals surface area contributed by atoms with E-state index < -0.39 is 28.3 Å². The number of hydrogen-bond donors (Lipinski definition) is 5. The summed E-state index contributed by atoms with van der Waals surface area (Å²) in [6.45, 7) is 4.45. The number of unbranched alkanes of at least 4 members (excludes halogenated alkanes) is 11. The van der Waals surface area contributed by atoms with E-state index in [4.69, 9.17) is 15.3 Å². The summed E-state index contributed by atoms with van der Waals surface area (Å²) in [6, 6.07) is 0. The Hall–Kier alpha value is -1.35. The lowest BCUT2D eigenvalue weighted by Crippen LogP contribution is -2.80.